The van der Waals surface area contributed by atoms with Gasteiger partial charge in [0.1, 0.15) is 17.8 Å². The van der Waals surface area contributed by atoms with Crippen LogP contribution in [-0.4, -0.2) is 17.0 Å². The number of carbonyl (C=O) groups excluding carboxylic acids is 1. The topological polar surface area (TPSA) is 51.5 Å². The monoisotopic (exact) mass is 275 g/mol. The number of oxime groups is 1. The van der Waals surface area contributed by atoms with E-state index in [0.717, 1.165) is 5.69 Å². The summed E-state index contributed by atoms with van der Waals surface area (Å²) in [6.45, 7) is 0. The molecule has 19 heavy (non-hydrogen) atoms. The van der Waals surface area contributed by atoms with E-state index in [-0.39, 0.29) is 11.7 Å². The van der Waals surface area contributed by atoms with E-state index in [1.54, 1.807) is 6.07 Å². The summed E-state index contributed by atoms with van der Waals surface area (Å²) in [7, 11) is 0. The third kappa shape index (κ3) is 2.39. The molecule has 0 amide bonds. The highest BCUT2D eigenvalue weighted by Crippen LogP contribution is 2.30. The van der Waals surface area contributed by atoms with Gasteiger partial charge in [-0.15, -0.1) is 11.3 Å². The van der Waals surface area contributed by atoms with E-state index in [0.29, 0.717) is 24.0 Å². The number of hydrogen-bond donors (Lipinski definition) is 0. The van der Waals surface area contributed by atoms with Gasteiger partial charge in [-0.2, -0.15) is 0 Å². The van der Waals surface area contributed by atoms with Crippen LogP contribution in [0, 0.1) is 11.3 Å². The van der Waals surface area contributed by atoms with Gasteiger partial charge < -0.3 is 4.84 Å². The van der Waals surface area contributed by atoms with Crippen LogP contribution in [0.25, 0.3) is 0 Å². The van der Waals surface area contributed by atoms with Crippen LogP contribution in [0.5, 0.6) is 0 Å². The lowest BCUT2D eigenvalue weighted by Crippen LogP contribution is -2.03. The summed E-state index contributed by atoms with van der Waals surface area (Å²) in [5, 5.41) is 5.78. The first-order valence-corrected chi connectivity index (χ1v) is 6.44. The molecule has 1 aromatic heterocycles. The standard InChI is InChI=1S/C13H8FN2O2S/c14-10-2-8(5-17)1-9(3-10)13-4-11(16-18-13)12-6-19-7-15-12/h1-3,5-6,13H,4H2. The summed E-state index contributed by atoms with van der Waals surface area (Å²) < 4.78 is 13.4. The molecule has 1 aliphatic rings. The van der Waals surface area contributed by atoms with E-state index in [2.05, 4.69) is 15.7 Å². The number of benzene rings is 1. The van der Waals surface area contributed by atoms with Crippen LogP contribution in [0.1, 0.15) is 34.1 Å². The number of carbonyl (C=O) groups is 1. The predicted octanol–water partition coefficient (Wildman–Crippen LogP) is 2.76. The highest BCUT2D eigenvalue weighted by Gasteiger charge is 2.25. The Balaban J connectivity index is 1.83. The normalized spacial score (nSPS) is 17.9. The lowest BCUT2D eigenvalue weighted by molar-refractivity contribution is 0.0854. The first-order chi connectivity index (χ1) is 9.26. The number of rotatable bonds is 3. The van der Waals surface area contributed by atoms with Crippen molar-refractivity contribution in [3.8, 4) is 0 Å². The van der Waals surface area contributed by atoms with Crippen molar-refractivity contribution in [2.24, 2.45) is 5.16 Å². The summed E-state index contributed by atoms with van der Waals surface area (Å²) >= 11 is 1.35. The molecule has 0 saturated carbocycles. The van der Waals surface area contributed by atoms with Gasteiger partial charge in [-0.1, -0.05) is 5.16 Å². The van der Waals surface area contributed by atoms with Crippen molar-refractivity contribution in [2.75, 3.05) is 0 Å². The van der Waals surface area contributed by atoms with Crippen LogP contribution in [-0.2, 0) is 4.84 Å². The molecule has 6 heteroatoms. The molecule has 2 heterocycles. The van der Waals surface area contributed by atoms with Gasteiger partial charge in [-0.05, 0) is 23.8 Å². The molecule has 1 radical (unpaired) electrons. The molecular weight excluding hydrogens is 267 g/mol. The van der Waals surface area contributed by atoms with Crippen LogP contribution >= 0.6 is 11.3 Å². The fraction of sp³-hybridized carbons (Fsp3) is 0.154. The minimum absolute atomic E-state index is 0.286. The van der Waals surface area contributed by atoms with Gasteiger partial charge in [0.15, 0.2) is 11.6 Å². The molecule has 95 valence electrons. The molecule has 3 rings (SSSR count). The van der Waals surface area contributed by atoms with Crippen molar-refractivity contribution in [3.05, 3.63) is 51.7 Å². The maximum absolute atomic E-state index is 13.4. The van der Waals surface area contributed by atoms with Gasteiger partial charge in [0, 0.05) is 17.4 Å². The van der Waals surface area contributed by atoms with E-state index >= 15 is 0 Å². The Morgan fingerprint density at radius 1 is 1.47 bits per heavy atom. The van der Waals surface area contributed by atoms with Gasteiger partial charge in [-0.25, -0.2) is 9.37 Å². The van der Waals surface area contributed by atoms with Gasteiger partial charge in [0.05, 0.1) is 5.69 Å². The molecule has 4 nitrogen and oxygen atoms in total. The van der Waals surface area contributed by atoms with Gasteiger partial charge >= 0.3 is 0 Å². The molecule has 1 aliphatic heterocycles. The van der Waals surface area contributed by atoms with E-state index in [9.17, 15) is 9.18 Å². The minimum atomic E-state index is -0.460. The lowest BCUT2D eigenvalue weighted by Gasteiger charge is -2.08. The van der Waals surface area contributed by atoms with Crippen molar-refractivity contribution < 1.29 is 14.0 Å². The number of thiazole rings is 1. The maximum Gasteiger partial charge on any atom is 0.158 e. The molecule has 1 atom stereocenters. The molecule has 0 fully saturated rings. The second kappa shape index (κ2) is 4.89. The molecule has 1 aromatic carbocycles. The Bertz CT molecular complexity index is 640. The zero-order valence-corrected chi connectivity index (χ0v) is 10.5. The Morgan fingerprint density at radius 3 is 3.11 bits per heavy atom. The minimum Gasteiger partial charge on any atom is -0.387 e. The van der Waals surface area contributed by atoms with Crippen LogP contribution in [0.4, 0.5) is 4.39 Å². The number of hydrogen-bond acceptors (Lipinski definition) is 5. The van der Waals surface area contributed by atoms with Gasteiger partial charge in [-0.3, -0.25) is 4.79 Å². The summed E-state index contributed by atoms with van der Waals surface area (Å²) in [5.41, 5.74) is 5.05. The molecule has 1 unspecified atom stereocenters. The van der Waals surface area contributed by atoms with Crippen LogP contribution in [0.15, 0.2) is 28.7 Å². The number of nitrogens with zero attached hydrogens (tertiary/aromatic N) is 2. The van der Waals surface area contributed by atoms with Gasteiger partial charge in [0.2, 0.25) is 0 Å². The molecular formula is C13H8FN2O2S. The van der Waals surface area contributed by atoms with Crippen molar-refractivity contribution in [2.45, 2.75) is 12.5 Å². The molecule has 0 bridgehead atoms. The third-order valence-electron chi connectivity index (χ3n) is 2.80. The van der Waals surface area contributed by atoms with E-state index < -0.39 is 5.82 Å². The molecule has 0 N–H and O–H groups in total. The fourth-order valence-electron chi connectivity index (χ4n) is 1.91. The van der Waals surface area contributed by atoms with Crippen LogP contribution in [0.2, 0.25) is 0 Å². The van der Waals surface area contributed by atoms with Gasteiger partial charge in [0.25, 0.3) is 0 Å². The third-order valence-corrected chi connectivity index (χ3v) is 3.34. The van der Waals surface area contributed by atoms with E-state index in [1.165, 1.54) is 23.5 Å². The number of halogens is 1. The van der Waals surface area contributed by atoms with E-state index in [1.807, 2.05) is 5.38 Å². The summed E-state index contributed by atoms with van der Waals surface area (Å²) in [6, 6.07) is 4.14. The maximum atomic E-state index is 13.4. The molecule has 0 aliphatic carbocycles. The largest absolute Gasteiger partial charge is 0.387 e. The molecule has 0 saturated heterocycles. The fourth-order valence-corrected chi connectivity index (χ4v) is 2.42. The lowest BCUT2D eigenvalue weighted by atomic mass is 10.0. The zero-order chi connectivity index (χ0) is 13.2. The number of aldehydes is 1. The number of aromatic nitrogens is 1. The Morgan fingerprint density at radius 2 is 2.37 bits per heavy atom. The summed E-state index contributed by atoms with van der Waals surface area (Å²) in [6.07, 6.45) is 0.726. The SMILES string of the molecule is O=Cc1cc(F)cc(C2CC(c3cs[c]n3)=NO2)c1. The zero-order valence-electron chi connectivity index (χ0n) is 9.67. The Kier molecular flexibility index (Phi) is 3.08. The average molecular weight is 275 g/mol. The van der Waals surface area contributed by atoms with E-state index in [4.69, 9.17) is 4.84 Å². The Labute approximate surface area is 112 Å². The first kappa shape index (κ1) is 12.0. The smallest absolute Gasteiger partial charge is 0.158 e. The van der Waals surface area contributed by atoms with Crippen molar-refractivity contribution in [3.63, 3.8) is 0 Å². The Hall–Kier alpha value is -2.08. The molecule has 2 aromatic rings. The van der Waals surface area contributed by atoms with Crippen molar-refractivity contribution >= 4 is 23.3 Å². The quantitative estimate of drug-likeness (QED) is 0.809. The second-order valence-electron chi connectivity index (χ2n) is 4.10. The van der Waals surface area contributed by atoms with Crippen LogP contribution < -0.4 is 0 Å². The highest BCUT2D eigenvalue weighted by atomic mass is 32.1. The van der Waals surface area contributed by atoms with Crippen molar-refractivity contribution in [1.82, 2.24) is 4.98 Å². The predicted molar refractivity (Wildman–Crippen MR) is 67.7 cm³/mol. The molecule has 0 spiro atoms. The highest BCUT2D eigenvalue weighted by molar-refractivity contribution is 7.07. The second-order valence-corrected chi connectivity index (χ2v) is 4.75. The first-order valence-electron chi connectivity index (χ1n) is 5.56. The summed E-state index contributed by atoms with van der Waals surface area (Å²) in [4.78, 5) is 20.0. The van der Waals surface area contributed by atoms with Crippen LogP contribution in [0.3, 0.4) is 0 Å². The average Bonchev–Trinajstić information content (AvgIpc) is 3.08. The summed E-state index contributed by atoms with van der Waals surface area (Å²) in [5.74, 6) is -0.460. The van der Waals surface area contributed by atoms with Crippen molar-refractivity contribution in [1.29, 1.82) is 0 Å².